The zero-order valence-electron chi connectivity index (χ0n) is 8.87. The van der Waals surface area contributed by atoms with Crippen molar-refractivity contribution in [3.05, 3.63) is 29.6 Å². The lowest BCUT2D eigenvalue weighted by molar-refractivity contribution is 0.189. The van der Waals surface area contributed by atoms with E-state index in [0.29, 0.717) is 5.75 Å². The zero-order chi connectivity index (χ0) is 10.8. The first-order valence-electron chi connectivity index (χ1n) is 5.35. The normalized spacial score (nSPS) is 25.5. The molecule has 15 heavy (non-hydrogen) atoms. The number of rotatable bonds is 2. The number of benzene rings is 1. The number of halogens is 1. The quantitative estimate of drug-likeness (QED) is 0.811. The fourth-order valence-electron chi connectivity index (χ4n) is 1.97. The van der Waals surface area contributed by atoms with Crippen LogP contribution in [0.3, 0.4) is 0 Å². The van der Waals surface area contributed by atoms with Gasteiger partial charge < -0.3 is 10.5 Å². The third kappa shape index (κ3) is 2.29. The van der Waals surface area contributed by atoms with Crippen molar-refractivity contribution >= 4 is 0 Å². The molecule has 0 aromatic heterocycles. The highest BCUT2D eigenvalue weighted by Gasteiger charge is 2.25. The molecule has 0 heterocycles. The molecule has 2 unspecified atom stereocenters. The topological polar surface area (TPSA) is 35.2 Å². The van der Waals surface area contributed by atoms with E-state index < -0.39 is 0 Å². The minimum atomic E-state index is -0.262. The Morgan fingerprint density at radius 2 is 2.20 bits per heavy atom. The van der Waals surface area contributed by atoms with Crippen LogP contribution in [0.2, 0.25) is 0 Å². The third-order valence-corrected chi connectivity index (χ3v) is 2.93. The Morgan fingerprint density at radius 3 is 2.87 bits per heavy atom. The summed E-state index contributed by atoms with van der Waals surface area (Å²) in [4.78, 5) is 0. The van der Waals surface area contributed by atoms with Crippen molar-refractivity contribution in [2.24, 2.45) is 5.73 Å². The SMILES string of the molecule is Cc1ccc(F)cc1OC1CCCC1N. The molecule has 1 aliphatic rings. The second-order valence-electron chi connectivity index (χ2n) is 4.16. The Hall–Kier alpha value is -1.09. The van der Waals surface area contributed by atoms with Gasteiger partial charge in [-0.25, -0.2) is 4.39 Å². The predicted octanol–water partition coefficient (Wildman–Crippen LogP) is 2.39. The molecule has 2 rings (SSSR count). The predicted molar refractivity (Wildman–Crippen MR) is 57.4 cm³/mol. The average Bonchev–Trinajstić information content (AvgIpc) is 2.58. The van der Waals surface area contributed by atoms with Gasteiger partial charge in [-0.3, -0.25) is 0 Å². The zero-order valence-corrected chi connectivity index (χ0v) is 8.87. The number of hydrogen-bond donors (Lipinski definition) is 1. The van der Waals surface area contributed by atoms with E-state index in [1.54, 1.807) is 6.07 Å². The van der Waals surface area contributed by atoms with E-state index in [1.807, 2.05) is 6.92 Å². The van der Waals surface area contributed by atoms with Gasteiger partial charge in [0.25, 0.3) is 0 Å². The lowest BCUT2D eigenvalue weighted by Crippen LogP contribution is -2.33. The van der Waals surface area contributed by atoms with Crippen LogP contribution in [0, 0.1) is 12.7 Å². The third-order valence-electron chi connectivity index (χ3n) is 2.93. The largest absolute Gasteiger partial charge is 0.488 e. The minimum Gasteiger partial charge on any atom is -0.488 e. The molecule has 0 aliphatic heterocycles. The first-order chi connectivity index (χ1) is 7.16. The van der Waals surface area contributed by atoms with Gasteiger partial charge in [0.2, 0.25) is 0 Å². The van der Waals surface area contributed by atoms with Crippen LogP contribution in [-0.4, -0.2) is 12.1 Å². The van der Waals surface area contributed by atoms with Crippen molar-refractivity contribution in [1.29, 1.82) is 0 Å². The maximum absolute atomic E-state index is 13.0. The van der Waals surface area contributed by atoms with Gasteiger partial charge in [-0.2, -0.15) is 0 Å². The van der Waals surface area contributed by atoms with E-state index in [-0.39, 0.29) is 18.0 Å². The van der Waals surface area contributed by atoms with Crippen molar-refractivity contribution in [2.45, 2.75) is 38.3 Å². The molecule has 82 valence electrons. The minimum absolute atomic E-state index is 0.0468. The Bertz CT molecular complexity index is 353. The van der Waals surface area contributed by atoms with Gasteiger partial charge in [-0.1, -0.05) is 6.07 Å². The van der Waals surface area contributed by atoms with Crippen LogP contribution >= 0.6 is 0 Å². The molecule has 1 aromatic rings. The van der Waals surface area contributed by atoms with Crippen LogP contribution in [0.4, 0.5) is 4.39 Å². The van der Waals surface area contributed by atoms with Crippen LogP contribution in [0.1, 0.15) is 24.8 Å². The summed E-state index contributed by atoms with van der Waals surface area (Å²) in [6.07, 6.45) is 3.11. The van der Waals surface area contributed by atoms with Gasteiger partial charge in [0.15, 0.2) is 0 Å². The molecule has 1 aliphatic carbocycles. The maximum atomic E-state index is 13.0. The maximum Gasteiger partial charge on any atom is 0.126 e. The van der Waals surface area contributed by atoms with Crippen molar-refractivity contribution in [2.75, 3.05) is 0 Å². The summed E-state index contributed by atoms with van der Waals surface area (Å²) in [5, 5.41) is 0. The molecule has 1 aromatic carbocycles. The summed E-state index contributed by atoms with van der Waals surface area (Å²) in [5.41, 5.74) is 6.85. The first-order valence-corrected chi connectivity index (χ1v) is 5.35. The molecule has 0 saturated heterocycles. The van der Waals surface area contributed by atoms with Crippen molar-refractivity contribution in [1.82, 2.24) is 0 Å². The van der Waals surface area contributed by atoms with Crippen LogP contribution in [0.15, 0.2) is 18.2 Å². The van der Waals surface area contributed by atoms with Crippen LogP contribution < -0.4 is 10.5 Å². The molecule has 0 spiro atoms. The number of aryl methyl sites for hydroxylation is 1. The summed E-state index contributed by atoms with van der Waals surface area (Å²) < 4.78 is 18.7. The molecular weight excluding hydrogens is 193 g/mol. The highest BCUT2D eigenvalue weighted by Crippen LogP contribution is 2.26. The molecule has 2 nitrogen and oxygen atoms in total. The monoisotopic (exact) mass is 209 g/mol. The molecular formula is C12H16FNO. The molecule has 0 radical (unpaired) electrons. The van der Waals surface area contributed by atoms with Gasteiger partial charge in [0.05, 0.1) is 0 Å². The molecule has 3 heteroatoms. The van der Waals surface area contributed by atoms with E-state index in [4.69, 9.17) is 10.5 Å². The standard InChI is InChI=1S/C12H16FNO/c1-8-5-6-9(13)7-12(8)15-11-4-2-3-10(11)14/h5-7,10-11H,2-4,14H2,1H3. The molecule has 2 atom stereocenters. The Kier molecular flexibility index (Phi) is 2.91. The lowest BCUT2D eigenvalue weighted by atomic mass is 10.2. The summed E-state index contributed by atoms with van der Waals surface area (Å²) in [5.74, 6) is 0.361. The summed E-state index contributed by atoms with van der Waals surface area (Å²) in [6.45, 7) is 1.91. The lowest BCUT2D eigenvalue weighted by Gasteiger charge is -2.19. The summed E-state index contributed by atoms with van der Waals surface area (Å²) in [7, 11) is 0. The van der Waals surface area contributed by atoms with Crippen LogP contribution in [0.25, 0.3) is 0 Å². The molecule has 1 fully saturated rings. The summed E-state index contributed by atoms with van der Waals surface area (Å²) in [6, 6.07) is 4.69. The smallest absolute Gasteiger partial charge is 0.126 e. The molecule has 0 amide bonds. The Balaban J connectivity index is 2.12. The number of ether oxygens (including phenoxy) is 1. The molecule has 0 bridgehead atoms. The van der Waals surface area contributed by atoms with E-state index in [9.17, 15) is 4.39 Å². The average molecular weight is 209 g/mol. The molecule has 2 N–H and O–H groups in total. The van der Waals surface area contributed by atoms with Crippen molar-refractivity contribution in [3.63, 3.8) is 0 Å². The number of hydrogen-bond acceptors (Lipinski definition) is 2. The van der Waals surface area contributed by atoms with Gasteiger partial charge >= 0.3 is 0 Å². The van der Waals surface area contributed by atoms with Crippen molar-refractivity contribution in [3.8, 4) is 5.75 Å². The fourth-order valence-corrected chi connectivity index (χ4v) is 1.97. The van der Waals surface area contributed by atoms with E-state index in [0.717, 1.165) is 24.8 Å². The van der Waals surface area contributed by atoms with Gasteiger partial charge in [-0.05, 0) is 37.8 Å². The Labute approximate surface area is 89.2 Å². The second-order valence-corrected chi connectivity index (χ2v) is 4.16. The Morgan fingerprint density at radius 1 is 1.40 bits per heavy atom. The van der Waals surface area contributed by atoms with Gasteiger partial charge in [-0.15, -0.1) is 0 Å². The van der Waals surface area contributed by atoms with E-state index in [1.165, 1.54) is 12.1 Å². The highest BCUT2D eigenvalue weighted by atomic mass is 19.1. The van der Waals surface area contributed by atoms with Gasteiger partial charge in [0, 0.05) is 12.1 Å². The number of nitrogens with two attached hydrogens (primary N) is 1. The fraction of sp³-hybridized carbons (Fsp3) is 0.500. The van der Waals surface area contributed by atoms with Crippen LogP contribution in [-0.2, 0) is 0 Å². The highest BCUT2D eigenvalue weighted by molar-refractivity contribution is 5.33. The van der Waals surface area contributed by atoms with Gasteiger partial charge in [0.1, 0.15) is 17.7 Å². The summed E-state index contributed by atoms with van der Waals surface area (Å²) >= 11 is 0. The molecule has 1 saturated carbocycles. The first kappa shape index (κ1) is 10.4. The van der Waals surface area contributed by atoms with Crippen LogP contribution in [0.5, 0.6) is 5.75 Å². The van der Waals surface area contributed by atoms with E-state index in [2.05, 4.69) is 0 Å². The van der Waals surface area contributed by atoms with Crippen molar-refractivity contribution < 1.29 is 9.13 Å². The second kappa shape index (κ2) is 4.19. The van der Waals surface area contributed by atoms with E-state index >= 15 is 0 Å².